The minimum atomic E-state index is 0.241. The van der Waals surface area contributed by atoms with E-state index in [0.29, 0.717) is 5.69 Å². The van der Waals surface area contributed by atoms with E-state index in [-0.39, 0.29) is 6.04 Å². The molecule has 0 amide bonds. The number of methoxy groups -OCH3 is 1. The lowest BCUT2D eigenvalue weighted by atomic mass is 10.0. The smallest absolute Gasteiger partial charge is 0.168 e. The highest BCUT2D eigenvalue weighted by atomic mass is 16.5. The lowest BCUT2D eigenvalue weighted by Crippen LogP contribution is -2.36. The molecule has 0 aliphatic carbocycles. The number of nitrogens with one attached hydrogen (secondary N) is 1. The summed E-state index contributed by atoms with van der Waals surface area (Å²) in [6, 6.07) is 3.69. The summed E-state index contributed by atoms with van der Waals surface area (Å²) in [4.78, 5) is 14.8. The van der Waals surface area contributed by atoms with Crippen LogP contribution >= 0.6 is 0 Å². The molecule has 0 bridgehead atoms. The average molecular weight is 192 g/mol. The van der Waals surface area contributed by atoms with Crippen LogP contribution in [0.15, 0.2) is 12.1 Å². The van der Waals surface area contributed by atoms with Crippen LogP contribution in [-0.4, -0.2) is 24.9 Å². The summed E-state index contributed by atoms with van der Waals surface area (Å²) >= 11 is 0. The number of aldehydes is 1. The molecule has 4 heteroatoms. The van der Waals surface area contributed by atoms with Crippen LogP contribution in [0.2, 0.25) is 0 Å². The molecule has 1 aliphatic heterocycles. The van der Waals surface area contributed by atoms with Crippen LogP contribution in [0.5, 0.6) is 5.75 Å². The van der Waals surface area contributed by atoms with Gasteiger partial charge in [0.25, 0.3) is 0 Å². The number of aromatic nitrogens is 1. The average Bonchev–Trinajstić information content (AvgIpc) is 2.15. The number of rotatable bonds is 3. The Balaban J connectivity index is 2.36. The minimum absolute atomic E-state index is 0.241. The standard InChI is InChI=1S/C10H12N2O2/c1-14-9-3-2-7(6-13)12-10(9)8-4-5-11-8/h2-3,6,8,11H,4-5H2,1H3/t8-/m1/s1. The molecule has 74 valence electrons. The maximum Gasteiger partial charge on any atom is 0.168 e. The van der Waals surface area contributed by atoms with Crippen LogP contribution in [0.3, 0.4) is 0 Å². The number of pyridine rings is 1. The van der Waals surface area contributed by atoms with Crippen LogP contribution < -0.4 is 10.1 Å². The number of hydrogen-bond acceptors (Lipinski definition) is 4. The Hall–Kier alpha value is -1.42. The topological polar surface area (TPSA) is 51.2 Å². The Morgan fingerprint density at radius 2 is 2.43 bits per heavy atom. The largest absolute Gasteiger partial charge is 0.495 e. The summed E-state index contributed by atoms with van der Waals surface area (Å²) in [6.45, 7) is 1.00. The number of nitrogens with zero attached hydrogens (tertiary/aromatic N) is 1. The fourth-order valence-electron chi connectivity index (χ4n) is 1.49. The zero-order chi connectivity index (χ0) is 9.97. The zero-order valence-corrected chi connectivity index (χ0v) is 7.99. The Morgan fingerprint density at radius 3 is 2.93 bits per heavy atom. The number of hydrogen-bond donors (Lipinski definition) is 1. The van der Waals surface area contributed by atoms with Gasteiger partial charge in [0.15, 0.2) is 6.29 Å². The molecule has 1 aliphatic rings. The van der Waals surface area contributed by atoms with Gasteiger partial charge in [0, 0.05) is 0 Å². The van der Waals surface area contributed by atoms with E-state index < -0.39 is 0 Å². The first kappa shape index (κ1) is 9.15. The highest BCUT2D eigenvalue weighted by molar-refractivity contribution is 5.72. The Labute approximate surface area is 82.3 Å². The van der Waals surface area contributed by atoms with Crippen molar-refractivity contribution in [3.05, 3.63) is 23.5 Å². The molecule has 2 heterocycles. The molecular formula is C10H12N2O2. The molecule has 1 aromatic heterocycles. The number of carbonyl (C=O) groups is 1. The van der Waals surface area contributed by atoms with Crippen molar-refractivity contribution in [1.82, 2.24) is 10.3 Å². The molecule has 1 fully saturated rings. The molecule has 1 saturated heterocycles. The quantitative estimate of drug-likeness (QED) is 0.724. The van der Waals surface area contributed by atoms with Crippen molar-refractivity contribution in [1.29, 1.82) is 0 Å². The van der Waals surface area contributed by atoms with Crippen molar-refractivity contribution in [2.24, 2.45) is 0 Å². The van der Waals surface area contributed by atoms with Crippen molar-refractivity contribution in [3.8, 4) is 5.75 Å². The van der Waals surface area contributed by atoms with Gasteiger partial charge >= 0.3 is 0 Å². The van der Waals surface area contributed by atoms with Crippen molar-refractivity contribution in [3.63, 3.8) is 0 Å². The summed E-state index contributed by atoms with van der Waals surface area (Å²) in [5.74, 6) is 0.743. The van der Waals surface area contributed by atoms with E-state index in [1.807, 2.05) is 0 Å². The van der Waals surface area contributed by atoms with Crippen LogP contribution in [0.25, 0.3) is 0 Å². The van der Waals surface area contributed by atoms with E-state index in [2.05, 4.69) is 10.3 Å². The van der Waals surface area contributed by atoms with Crippen LogP contribution in [0.1, 0.15) is 28.6 Å². The fourth-order valence-corrected chi connectivity index (χ4v) is 1.49. The highest BCUT2D eigenvalue weighted by Gasteiger charge is 2.23. The molecule has 0 saturated carbocycles. The maximum atomic E-state index is 10.6. The van der Waals surface area contributed by atoms with Crippen molar-refractivity contribution in [2.75, 3.05) is 13.7 Å². The molecule has 0 radical (unpaired) electrons. The third kappa shape index (κ3) is 1.48. The van der Waals surface area contributed by atoms with Gasteiger partial charge in [-0.2, -0.15) is 0 Å². The number of ether oxygens (including phenoxy) is 1. The van der Waals surface area contributed by atoms with Crippen LogP contribution in [-0.2, 0) is 0 Å². The number of carbonyl (C=O) groups excluding carboxylic acids is 1. The van der Waals surface area contributed by atoms with Crippen LogP contribution in [0, 0.1) is 0 Å². The van der Waals surface area contributed by atoms with Crippen molar-refractivity contribution in [2.45, 2.75) is 12.5 Å². The predicted octanol–water partition coefficient (Wildman–Crippen LogP) is 0.937. The van der Waals surface area contributed by atoms with Gasteiger partial charge in [0.2, 0.25) is 0 Å². The minimum Gasteiger partial charge on any atom is -0.495 e. The third-order valence-corrected chi connectivity index (χ3v) is 2.40. The molecule has 0 spiro atoms. The summed E-state index contributed by atoms with van der Waals surface area (Å²) in [5, 5.41) is 3.23. The Bertz CT molecular complexity index is 348. The third-order valence-electron chi connectivity index (χ3n) is 2.40. The Kier molecular flexibility index (Phi) is 2.45. The zero-order valence-electron chi connectivity index (χ0n) is 7.99. The highest BCUT2D eigenvalue weighted by Crippen LogP contribution is 2.28. The predicted molar refractivity (Wildman–Crippen MR) is 51.5 cm³/mol. The van der Waals surface area contributed by atoms with Crippen molar-refractivity contribution < 1.29 is 9.53 Å². The summed E-state index contributed by atoms with van der Waals surface area (Å²) < 4.78 is 5.18. The normalized spacial score (nSPS) is 19.9. The summed E-state index contributed by atoms with van der Waals surface area (Å²) in [7, 11) is 1.61. The lowest BCUT2D eigenvalue weighted by Gasteiger charge is -2.28. The van der Waals surface area contributed by atoms with Gasteiger partial charge in [-0.05, 0) is 25.1 Å². The van der Waals surface area contributed by atoms with Gasteiger partial charge in [-0.3, -0.25) is 4.79 Å². The first-order valence-electron chi connectivity index (χ1n) is 4.58. The molecule has 0 unspecified atom stereocenters. The van der Waals surface area contributed by atoms with Gasteiger partial charge in [0.1, 0.15) is 17.1 Å². The first-order valence-corrected chi connectivity index (χ1v) is 4.58. The molecular weight excluding hydrogens is 180 g/mol. The van der Waals surface area contributed by atoms with Gasteiger partial charge in [-0.15, -0.1) is 0 Å². The lowest BCUT2D eigenvalue weighted by molar-refractivity contribution is 0.111. The molecule has 1 atom stereocenters. The molecule has 14 heavy (non-hydrogen) atoms. The Morgan fingerprint density at radius 1 is 1.64 bits per heavy atom. The summed E-state index contributed by atoms with van der Waals surface area (Å²) in [5.41, 5.74) is 1.29. The van der Waals surface area contributed by atoms with E-state index in [1.165, 1.54) is 0 Å². The van der Waals surface area contributed by atoms with E-state index >= 15 is 0 Å². The van der Waals surface area contributed by atoms with Crippen LogP contribution in [0.4, 0.5) is 0 Å². The fraction of sp³-hybridized carbons (Fsp3) is 0.400. The van der Waals surface area contributed by atoms with Gasteiger partial charge in [0.05, 0.1) is 13.2 Å². The first-order chi connectivity index (χ1) is 6.85. The molecule has 0 aromatic carbocycles. The maximum absolute atomic E-state index is 10.6. The molecule has 4 nitrogen and oxygen atoms in total. The molecule has 2 rings (SSSR count). The van der Waals surface area contributed by atoms with Gasteiger partial charge < -0.3 is 10.1 Å². The van der Waals surface area contributed by atoms with Gasteiger partial charge in [-0.25, -0.2) is 4.98 Å². The second kappa shape index (κ2) is 3.75. The van der Waals surface area contributed by atoms with E-state index in [9.17, 15) is 4.79 Å². The molecule has 1 N–H and O–H groups in total. The monoisotopic (exact) mass is 192 g/mol. The second-order valence-corrected chi connectivity index (χ2v) is 3.24. The second-order valence-electron chi connectivity index (χ2n) is 3.24. The van der Waals surface area contributed by atoms with E-state index in [0.717, 1.165) is 30.7 Å². The van der Waals surface area contributed by atoms with Gasteiger partial charge in [-0.1, -0.05) is 0 Å². The van der Waals surface area contributed by atoms with E-state index in [4.69, 9.17) is 4.74 Å². The van der Waals surface area contributed by atoms with Crippen molar-refractivity contribution >= 4 is 6.29 Å². The SMILES string of the molecule is COc1ccc(C=O)nc1[C@H]1CCN1. The summed E-state index contributed by atoms with van der Waals surface area (Å²) in [6.07, 6.45) is 1.80. The van der Waals surface area contributed by atoms with E-state index in [1.54, 1.807) is 19.2 Å². The molecule has 1 aromatic rings.